The molecule has 0 fully saturated rings. The Morgan fingerprint density at radius 2 is 1.82 bits per heavy atom. The van der Waals surface area contributed by atoms with Crippen molar-refractivity contribution in [3.63, 3.8) is 0 Å². The van der Waals surface area contributed by atoms with Gasteiger partial charge in [-0.15, -0.1) is 0 Å². The summed E-state index contributed by atoms with van der Waals surface area (Å²) in [5.41, 5.74) is 10.1. The summed E-state index contributed by atoms with van der Waals surface area (Å²) in [6.07, 6.45) is 0.646. The SMILES string of the molecule is Cc1cc(C)c(-c2nc(CCN)no2)c(C)c1. The van der Waals surface area contributed by atoms with Crippen molar-refractivity contribution >= 4 is 0 Å². The molecule has 0 saturated carbocycles. The minimum absolute atomic E-state index is 0.533. The van der Waals surface area contributed by atoms with Gasteiger partial charge >= 0.3 is 0 Å². The molecule has 1 aromatic heterocycles. The molecule has 1 heterocycles. The first-order valence-electron chi connectivity index (χ1n) is 5.72. The van der Waals surface area contributed by atoms with Crippen molar-refractivity contribution in [2.45, 2.75) is 27.2 Å². The highest BCUT2D eigenvalue weighted by Gasteiger charge is 2.13. The lowest BCUT2D eigenvalue weighted by molar-refractivity contribution is 0.422. The molecule has 0 atom stereocenters. The van der Waals surface area contributed by atoms with Crippen molar-refractivity contribution in [2.24, 2.45) is 5.73 Å². The summed E-state index contributed by atoms with van der Waals surface area (Å²) in [6.45, 7) is 6.73. The van der Waals surface area contributed by atoms with E-state index in [9.17, 15) is 0 Å². The first-order valence-corrected chi connectivity index (χ1v) is 5.72. The Hall–Kier alpha value is -1.68. The number of nitrogens with zero attached hydrogens (tertiary/aromatic N) is 2. The molecular weight excluding hydrogens is 214 g/mol. The highest BCUT2D eigenvalue weighted by Crippen LogP contribution is 2.26. The molecule has 0 aliphatic carbocycles. The quantitative estimate of drug-likeness (QED) is 0.879. The van der Waals surface area contributed by atoms with E-state index in [-0.39, 0.29) is 0 Å². The molecule has 1 aromatic carbocycles. The van der Waals surface area contributed by atoms with Gasteiger partial charge in [0.05, 0.1) is 0 Å². The Labute approximate surface area is 101 Å². The molecule has 2 rings (SSSR count). The van der Waals surface area contributed by atoms with Gasteiger partial charge < -0.3 is 10.3 Å². The second-order valence-corrected chi connectivity index (χ2v) is 4.33. The van der Waals surface area contributed by atoms with E-state index < -0.39 is 0 Å². The normalized spacial score (nSPS) is 10.8. The maximum atomic E-state index is 5.47. The topological polar surface area (TPSA) is 64.9 Å². The van der Waals surface area contributed by atoms with Gasteiger partial charge in [0.15, 0.2) is 5.82 Å². The molecule has 0 bridgehead atoms. The molecule has 0 spiro atoms. The number of hydrogen-bond acceptors (Lipinski definition) is 4. The summed E-state index contributed by atoms with van der Waals surface area (Å²) in [5, 5.41) is 3.92. The predicted molar refractivity (Wildman–Crippen MR) is 66.7 cm³/mol. The van der Waals surface area contributed by atoms with Crippen LogP contribution in [-0.2, 0) is 6.42 Å². The van der Waals surface area contributed by atoms with Crippen LogP contribution in [0.4, 0.5) is 0 Å². The van der Waals surface area contributed by atoms with Gasteiger partial charge in [0.1, 0.15) is 0 Å². The molecule has 0 radical (unpaired) electrons. The second-order valence-electron chi connectivity index (χ2n) is 4.33. The molecule has 2 N–H and O–H groups in total. The van der Waals surface area contributed by atoms with E-state index in [1.54, 1.807) is 0 Å². The van der Waals surface area contributed by atoms with Gasteiger partial charge in [-0.2, -0.15) is 4.98 Å². The standard InChI is InChI=1S/C13H17N3O/c1-8-6-9(2)12(10(3)7-8)13-15-11(4-5-14)16-17-13/h6-7H,4-5,14H2,1-3H3. The summed E-state index contributed by atoms with van der Waals surface area (Å²) in [7, 11) is 0. The van der Waals surface area contributed by atoms with Crippen LogP contribution in [0.3, 0.4) is 0 Å². The zero-order valence-corrected chi connectivity index (χ0v) is 10.4. The van der Waals surface area contributed by atoms with Crippen LogP contribution in [-0.4, -0.2) is 16.7 Å². The highest BCUT2D eigenvalue weighted by molar-refractivity contribution is 5.63. The third-order valence-electron chi connectivity index (χ3n) is 2.73. The molecule has 90 valence electrons. The predicted octanol–water partition coefficient (Wildman–Crippen LogP) is 2.16. The van der Waals surface area contributed by atoms with E-state index >= 15 is 0 Å². The average molecular weight is 231 g/mol. The number of benzene rings is 1. The maximum absolute atomic E-state index is 5.47. The van der Waals surface area contributed by atoms with Crippen molar-refractivity contribution in [3.8, 4) is 11.5 Å². The van der Waals surface area contributed by atoms with Gasteiger partial charge in [-0.3, -0.25) is 0 Å². The molecule has 0 saturated heterocycles. The summed E-state index contributed by atoms with van der Waals surface area (Å²) >= 11 is 0. The van der Waals surface area contributed by atoms with E-state index in [1.165, 1.54) is 5.56 Å². The molecular formula is C13H17N3O. The molecule has 0 unspecified atom stereocenters. The van der Waals surface area contributed by atoms with Gasteiger partial charge in [-0.25, -0.2) is 0 Å². The molecule has 4 heteroatoms. The smallest absolute Gasteiger partial charge is 0.258 e. The highest BCUT2D eigenvalue weighted by atomic mass is 16.5. The summed E-state index contributed by atoms with van der Waals surface area (Å²) in [4.78, 5) is 4.36. The zero-order valence-electron chi connectivity index (χ0n) is 10.4. The van der Waals surface area contributed by atoms with Crippen LogP contribution in [0.1, 0.15) is 22.5 Å². The lowest BCUT2D eigenvalue weighted by Gasteiger charge is -2.06. The number of nitrogens with two attached hydrogens (primary N) is 1. The van der Waals surface area contributed by atoms with E-state index in [0.29, 0.717) is 24.7 Å². The van der Waals surface area contributed by atoms with E-state index in [0.717, 1.165) is 16.7 Å². The monoisotopic (exact) mass is 231 g/mol. The van der Waals surface area contributed by atoms with Gasteiger partial charge in [0.2, 0.25) is 0 Å². The van der Waals surface area contributed by atoms with Crippen LogP contribution in [0.5, 0.6) is 0 Å². The lowest BCUT2D eigenvalue weighted by atomic mass is 10.00. The summed E-state index contributed by atoms with van der Waals surface area (Å²) < 4.78 is 5.29. The van der Waals surface area contributed by atoms with Crippen molar-refractivity contribution in [3.05, 3.63) is 34.6 Å². The first kappa shape index (κ1) is 11.8. The molecule has 4 nitrogen and oxygen atoms in total. The minimum Gasteiger partial charge on any atom is -0.334 e. The van der Waals surface area contributed by atoms with Crippen molar-refractivity contribution in [2.75, 3.05) is 6.54 Å². The molecule has 0 aliphatic rings. The lowest BCUT2D eigenvalue weighted by Crippen LogP contribution is -2.03. The Morgan fingerprint density at radius 3 is 2.41 bits per heavy atom. The molecule has 0 amide bonds. The van der Waals surface area contributed by atoms with Crippen LogP contribution in [0.25, 0.3) is 11.5 Å². The number of hydrogen-bond donors (Lipinski definition) is 1. The van der Waals surface area contributed by atoms with Crippen molar-refractivity contribution in [1.29, 1.82) is 0 Å². The second kappa shape index (κ2) is 4.67. The van der Waals surface area contributed by atoms with Crippen molar-refractivity contribution in [1.82, 2.24) is 10.1 Å². The molecule has 0 aliphatic heterocycles. The fraction of sp³-hybridized carbons (Fsp3) is 0.385. The third-order valence-corrected chi connectivity index (χ3v) is 2.73. The van der Waals surface area contributed by atoms with Gasteiger partial charge in [0, 0.05) is 12.0 Å². The van der Waals surface area contributed by atoms with E-state index in [4.69, 9.17) is 10.3 Å². The fourth-order valence-corrected chi connectivity index (χ4v) is 2.10. The van der Waals surface area contributed by atoms with Crippen LogP contribution < -0.4 is 5.73 Å². The molecule has 17 heavy (non-hydrogen) atoms. The summed E-state index contributed by atoms with van der Waals surface area (Å²) in [6, 6.07) is 4.24. The van der Waals surface area contributed by atoms with Crippen LogP contribution in [0, 0.1) is 20.8 Å². The molecule has 2 aromatic rings. The van der Waals surface area contributed by atoms with Crippen LogP contribution in [0.2, 0.25) is 0 Å². The number of rotatable bonds is 3. The average Bonchev–Trinajstić information content (AvgIpc) is 2.65. The fourth-order valence-electron chi connectivity index (χ4n) is 2.10. The largest absolute Gasteiger partial charge is 0.334 e. The first-order chi connectivity index (χ1) is 8.11. The number of aromatic nitrogens is 2. The van der Waals surface area contributed by atoms with E-state index in [2.05, 4.69) is 43.0 Å². The Bertz CT molecular complexity index is 508. The third kappa shape index (κ3) is 2.36. The maximum Gasteiger partial charge on any atom is 0.258 e. The van der Waals surface area contributed by atoms with Gasteiger partial charge in [-0.1, -0.05) is 22.9 Å². The van der Waals surface area contributed by atoms with Crippen LogP contribution in [0.15, 0.2) is 16.7 Å². The minimum atomic E-state index is 0.533. The Kier molecular flexibility index (Phi) is 3.24. The Morgan fingerprint density at radius 1 is 1.18 bits per heavy atom. The van der Waals surface area contributed by atoms with Crippen molar-refractivity contribution < 1.29 is 4.52 Å². The van der Waals surface area contributed by atoms with Gasteiger partial charge in [0.25, 0.3) is 5.89 Å². The zero-order chi connectivity index (χ0) is 12.4. The van der Waals surface area contributed by atoms with E-state index in [1.807, 2.05) is 0 Å². The Balaban J connectivity index is 2.45. The summed E-state index contributed by atoms with van der Waals surface area (Å²) in [5.74, 6) is 1.25. The number of aryl methyl sites for hydroxylation is 3. The van der Waals surface area contributed by atoms with Gasteiger partial charge in [-0.05, 0) is 38.4 Å². The van der Waals surface area contributed by atoms with Crippen LogP contribution >= 0.6 is 0 Å².